The molecule has 1 aromatic heterocycles. The molecule has 2 N–H and O–H groups in total. The van der Waals surface area contributed by atoms with E-state index in [0.29, 0.717) is 31.6 Å². The molecule has 2 aliphatic heterocycles. The normalized spacial score (nSPS) is 27.9. The molecular formula is C37H46N4O9S. The minimum atomic E-state index is -3.89. The number of allylic oxidation sites excluding steroid dienone is 1. The smallest absolute Gasteiger partial charge is 0.306 e. The van der Waals surface area contributed by atoms with Gasteiger partial charge < -0.3 is 24.4 Å². The van der Waals surface area contributed by atoms with Crippen molar-refractivity contribution in [1.82, 2.24) is 19.9 Å². The van der Waals surface area contributed by atoms with E-state index in [0.717, 1.165) is 16.3 Å². The molecule has 3 heterocycles. The minimum absolute atomic E-state index is 0.0181. The molecule has 1 saturated heterocycles. The maximum absolute atomic E-state index is 14.4. The maximum Gasteiger partial charge on any atom is 0.306 e. The fourth-order valence-corrected chi connectivity index (χ4v) is 7.94. The van der Waals surface area contributed by atoms with Gasteiger partial charge in [-0.05, 0) is 76.0 Å². The monoisotopic (exact) mass is 722 g/mol. The van der Waals surface area contributed by atoms with Crippen LogP contribution >= 0.6 is 0 Å². The largest absolute Gasteiger partial charge is 0.472 e. The SMILES string of the molecule is C=C[C@H]1C[C@]1(NC(=O)[C@@H]1C[C@@H]2CN1C(=O)[C@H](COC(C)(C)C)CC(=O)OCCC/C=C/c1ccc3ccnc(c3c1)O2)C(=O)NS(=O)(=O)C1CC1. The van der Waals surface area contributed by atoms with E-state index in [9.17, 15) is 27.6 Å². The minimum Gasteiger partial charge on any atom is -0.472 e. The van der Waals surface area contributed by atoms with Crippen molar-refractivity contribution in [3.05, 3.63) is 54.8 Å². The molecule has 3 fully saturated rings. The van der Waals surface area contributed by atoms with Gasteiger partial charge in [0.25, 0.3) is 5.91 Å². The van der Waals surface area contributed by atoms with Crippen LogP contribution in [0.25, 0.3) is 16.8 Å². The molecule has 6 rings (SSSR count). The molecule has 274 valence electrons. The van der Waals surface area contributed by atoms with Gasteiger partial charge in [0.05, 0.1) is 42.9 Å². The molecule has 1 aromatic carbocycles. The quantitative estimate of drug-likeness (QED) is 0.304. The summed E-state index contributed by atoms with van der Waals surface area (Å²) >= 11 is 0. The molecule has 0 unspecified atom stereocenters. The number of pyridine rings is 1. The summed E-state index contributed by atoms with van der Waals surface area (Å²) < 4.78 is 45.4. The van der Waals surface area contributed by atoms with Gasteiger partial charge in [0.2, 0.25) is 27.7 Å². The van der Waals surface area contributed by atoms with Gasteiger partial charge >= 0.3 is 5.97 Å². The molecule has 3 amide bonds. The number of benzene rings is 1. The maximum atomic E-state index is 14.4. The number of cyclic esters (lactones) is 1. The Hall–Kier alpha value is -4.30. The van der Waals surface area contributed by atoms with Crippen molar-refractivity contribution in [2.45, 2.75) is 94.3 Å². The number of amides is 3. The predicted octanol–water partition coefficient (Wildman–Crippen LogP) is 3.42. The third-order valence-corrected chi connectivity index (χ3v) is 11.5. The fourth-order valence-electron chi connectivity index (χ4n) is 6.58. The molecule has 14 heteroatoms. The summed E-state index contributed by atoms with van der Waals surface area (Å²) in [5.41, 5.74) is -1.24. The van der Waals surface area contributed by atoms with E-state index in [2.05, 4.69) is 21.6 Å². The van der Waals surface area contributed by atoms with Gasteiger partial charge in [-0.2, -0.15) is 0 Å². The lowest BCUT2D eigenvalue weighted by Gasteiger charge is -2.30. The summed E-state index contributed by atoms with van der Waals surface area (Å²) in [5.74, 6) is -3.71. The molecule has 4 bridgehead atoms. The van der Waals surface area contributed by atoms with Crippen molar-refractivity contribution < 1.29 is 41.8 Å². The van der Waals surface area contributed by atoms with Crippen LogP contribution in [-0.2, 0) is 38.7 Å². The van der Waals surface area contributed by atoms with E-state index in [1.807, 2.05) is 57.2 Å². The molecule has 13 nitrogen and oxygen atoms in total. The van der Waals surface area contributed by atoms with E-state index in [-0.39, 0.29) is 39.0 Å². The standard InChI is InChI=1S/C37H46N4O9S/c1-5-26-20-37(26,35(45)40-51(46,47)28-12-13-28)39-32(43)30-19-27-21-41(30)34(44)25(22-49-36(2,3)4)18-31(42)48-16-8-6-7-9-23-10-11-24-14-15-38-33(50-27)29(24)17-23/h5,7,9-11,14-15,17,25-28,30H,1,6,8,12-13,16,18-22H2,2-4H3,(H,39,43)(H,40,45)/b9-7+/t25-,26-,27+,30-,37+/m0/s1. The zero-order chi connectivity index (χ0) is 36.6. The van der Waals surface area contributed by atoms with Crippen LogP contribution in [0.1, 0.15) is 71.3 Å². The summed E-state index contributed by atoms with van der Waals surface area (Å²) in [6.45, 7) is 9.33. The van der Waals surface area contributed by atoms with Crippen molar-refractivity contribution in [3.8, 4) is 5.88 Å². The predicted molar refractivity (Wildman–Crippen MR) is 189 cm³/mol. The number of carbonyl (C=O) groups excluding carboxylic acids is 4. The second kappa shape index (κ2) is 14.4. The lowest BCUT2D eigenvalue weighted by atomic mass is 10.0. The van der Waals surface area contributed by atoms with Gasteiger partial charge in [-0.15, -0.1) is 6.58 Å². The third kappa shape index (κ3) is 8.44. The number of carbonyl (C=O) groups is 4. The van der Waals surface area contributed by atoms with Crippen molar-refractivity contribution in [2.75, 3.05) is 19.8 Å². The topological polar surface area (TPSA) is 170 Å². The molecular weight excluding hydrogens is 676 g/mol. The van der Waals surface area contributed by atoms with Gasteiger partial charge in [-0.25, -0.2) is 13.4 Å². The van der Waals surface area contributed by atoms with Crippen molar-refractivity contribution in [2.24, 2.45) is 11.8 Å². The van der Waals surface area contributed by atoms with Crippen LogP contribution in [0, 0.1) is 11.8 Å². The highest BCUT2D eigenvalue weighted by Gasteiger charge is 2.62. The summed E-state index contributed by atoms with van der Waals surface area (Å²) in [6, 6.07) is 6.65. The van der Waals surface area contributed by atoms with Crippen molar-refractivity contribution >= 4 is 50.6 Å². The van der Waals surface area contributed by atoms with Gasteiger partial charge in [-0.3, -0.25) is 23.9 Å². The molecule has 2 saturated carbocycles. The van der Waals surface area contributed by atoms with Crippen LogP contribution in [0.3, 0.4) is 0 Å². The number of aromatic nitrogens is 1. The molecule has 0 spiro atoms. The Kier molecular flexibility index (Phi) is 10.3. The van der Waals surface area contributed by atoms with E-state index >= 15 is 0 Å². The van der Waals surface area contributed by atoms with Gasteiger partial charge in [0, 0.05) is 23.9 Å². The molecule has 2 aliphatic carbocycles. The molecule has 2 aromatic rings. The third-order valence-electron chi connectivity index (χ3n) is 9.70. The number of nitrogens with zero attached hydrogens (tertiary/aromatic N) is 2. The van der Waals surface area contributed by atoms with Gasteiger partial charge in [0.15, 0.2) is 0 Å². The summed E-state index contributed by atoms with van der Waals surface area (Å²) in [5, 5.41) is 3.82. The Morgan fingerprint density at radius 1 is 1.20 bits per heavy atom. The van der Waals surface area contributed by atoms with Crippen molar-refractivity contribution in [3.63, 3.8) is 0 Å². The Morgan fingerprint density at radius 2 is 1.98 bits per heavy atom. The van der Waals surface area contributed by atoms with Crippen LogP contribution < -0.4 is 14.8 Å². The molecule has 5 atom stereocenters. The summed E-state index contributed by atoms with van der Waals surface area (Å²) in [6.07, 6.45) is 8.54. The Balaban J connectivity index is 1.32. The zero-order valence-corrected chi connectivity index (χ0v) is 30.1. The molecule has 4 aliphatic rings. The highest BCUT2D eigenvalue weighted by molar-refractivity contribution is 7.91. The first-order chi connectivity index (χ1) is 24.2. The average Bonchev–Trinajstić information content (AvgIpc) is 4.00. The zero-order valence-electron chi connectivity index (χ0n) is 29.3. The highest BCUT2D eigenvalue weighted by Crippen LogP contribution is 2.45. The number of rotatable bonds is 8. The lowest BCUT2D eigenvalue weighted by Crippen LogP contribution is -2.57. The van der Waals surface area contributed by atoms with E-state index in [1.54, 1.807) is 6.20 Å². The Bertz CT molecular complexity index is 1850. The highest BCUT2D eigenvalue weighted by atomic mass is 32.2. The van der Waals surface area contributed by atoms with Crippen LogP contribution in [0.5, 0.6) is 5.88 Å². The van der Waals surface area contributed by atoms with Crippen molar-refractivity contribution in [1.29, 1.82) is 0 Å². The number of hydrogen-bond donors (Lipinski definition) is 2. The number of sulfonamides is 1. The first kappa shape index (κ1) is 36.5. The summed E-state index contributed by atoms with van der Waals surface area (Å²) in [7, 11) is -3.89. The second-order valence-electron chi connectivity index (χ2n) is 14.9. The number of hydrogen-bond acceptors (Lipinski definition) is 10. The molecule has 51 heavy (non-hydrogen) atoms. The lowest BCUT2D eigenvalue weighted by molar-refractivity contribution is -0.153. The number of fused-ring (bicyclic) bond motifs is 3. The van der Waals surface area contributed by atoms with Gasteiger partial charge in [0.1, 0.15) is 17.7 Å². The number of ether oxygens (including phenoxy) is 3. The van der Waals surface area contributed by atoms with E-state index < -0.39 is 74.1 Å². The van der Waals surface area contributed by atoms with Crippen LogP contribution in [-0.4, -0.2) is 90.3 Å². The second-order valence-corrected chi connectivity index (χ2v) is 16.8. The average molecular weight is 723 g/mol. The first-order valence-corrected chi connectivity index (χ1v) is 19.1. The van der Waals surface area contributed by atoms with E-state index in [1.165, 1.54) is 11.0 Å². The van der Waals surface area contributed by atoms with Crippen LogP contribution in [0.4, 0.5) is 0 Å². The molecule has 0 radical (unpaired) electrons. The number of nitrogens with one attached hydrogen (secondary N) is 2. The fraction of sp³-hybridized carbons (Fsp3) is 0.541. The Morgan fingerprint density at radius 3 is 2.69 bits per heavy atom. The van der Waals surface area contributed by atoms with Crippen LogP contribution in [0.15, 0.2) is 49.2 Å². The van der Waals surface area contributed by atoms with E-state index in [4.69, 9.17) is 14.2 Å². The van der Waals surface area contributed by atoms with Crippen LogP contribution in [0.2, 0.25) is 0 Å². The first-order valence-electron chi connectivity index (χ1n) is 17.5. The Labute approximate surface area is 298 Å². The van der Waals surface area contributed by atoms with Gasteiger partial charge in [-0.1, -0.05) is 30.4 Å². The summed E-state index contributed by atoms with van der Waals surface area (Å²) in [4.78, 5) is 61.0. The number of esters is 1.